The van der Waals surface area contributed by atoms with E-state index in [2.05, 4.69) is 15.4 Å². The first kappa shape index (κ1) is 23.3. The number of nitrogens with two attached hydrogens (primary N) is 1. The highest BCUT2D eigenvalue weighted by Gasteiger charge is 2.35. The number of thioether (sulfide) groups is 1. The maximum Gasteiger partial charge on any atom is 0.573 e. The number of benzene rings is 2. The zero-order valence-electron chi connectivity index (χ0n) is 17.3. The Morgan fingerprint density at radius 3 is 2.59 bits per heavy atom. The van der Waals surface area contributed by atoms with Crippen LogP contribution in [0.25, 0.3) is 10.9 Å². The van der Waals surface area contributed by atoms with Crippen LogP contribution in [0.15, 0.2) is 54.7 Å². The van der Waals surface area contributed by atoms with Gasteiger partial charge in [0.1, 0.15) is 11.8 Å². The van der Waals surface area contributed by atoms with Crippen molar-refractivity contribution >= 4 is 52.0 Å². The summed E-state index contributed by atoms with van der Waals surface area (Å²) in [5.74, 6) is -0.535. The molecule has 34 heavy (non-hydrogen) atoms. The van der Waals surface area contributed by atoms with Gasteiger partial charge in [0.2, 0.25) is 5.91 Å². The quantitative estimate of drug-likeness (QED) is 0.508. The largest absolute Gasteiger partial charge is 0.573 e. The van der Waals surface area contributed by atoms with Crippen molar-refractivity contribution < 1.29 is 32.3 Å². The van der Waals surface area contributed by atoms with Crippen LogP contribution in [0.2, 0.25) is 0 Å². The summed E-state index contributed by atoms with van der Waals surface area (Å²) in [6.07, 6.45) is -3.47. The van der Waals surface area contributed by atoms with Gasteiger partial charge in [-0.05, 0) is 18.2 Å². The Morgan fingerprint density at radius 2 is 1.85 bits per heavy atom. The van der Waals surface area contributed by atoms with E-state index in [4.69, 9.17) is 5.73 Å². The molecule has 1 fully saturated rings. The number of halogens is 3. The monoisotopic (exact) mass is 493 g/mol. The number of urea groups is 1. The van der Waals surface area contributed by atoms with Gasteiger partial charge in [-0.15, -0.1) is 24.9 Å². The number of ether oxygens (including phenoxy) is 1. The summed E-state index contributed by atoms with van der Waals surface area (Å²) in [6.45, 7) is 0. The van der Waals surface area contributed by atoms with Crippen molar-refractivity contribution in [2.45, 2.75) is 12.4 Å². The second-order valence-electron chi connectivity index (χ2n) is 7.25. The molecule has 1 aliphatic rings. The fraction of sp³-hybridized carbons (Fsp3) is 0.190. The van der Waals surface area contributed by atoms with E-state index >= 15 is 0 Å². The van der Waals surface area contributed by atoms with Gasteiger partial charge in [-0.1, -0.05) is 24.3 Å². The van der Waals surface area contributed by atoms with Gasteiger partial charge in [0.25, 0.3) is 0 Å². The zero-order valence-corrected chi connectivity index (χ0v) is 18.2. The number of hydrogen-bond donors (Lipinski definition) is 3. The molecular formula is C21H18F3N5O4S. The fourth-order valence-electron chi connectivity index (χ4n) is 3.51. The highest BCUT2D eigenvalue weighted by Crippen LogP contribution is 2.29. The van der Waals surface area contributed by atoms with E-state index in [1.165, 1.54) is 39.6 Å². The molecule has 1 unspecified atom stereocenters. The summed E-state index contributed by atoms with van der Waals surface area (Å²) in [6, 6.07) is 9.54. The minimum absolute atomic E-state index is 0.0912. The minimum Gasteiger partial charge on any atom is -0.406 e. The first-order valence-corrected chi connectivity index (χ1v) is 11.0. The number of nitrogens with one attached hydrogen (secondary N) is 2. The van der Waals surface area contributed by atoms with Crippen LogP contribution >= 0.6 is 11.8 Å². The lowest BCUT2D eigenvalue weighted by molar-refractivity contribution is -0.274. The molecule has 3 aromatic rings. The van der Waals surface area contributed by atoms with E-state index in [0.717, 1.165) is 12.1 Å². The van der Waals surface area contributed by atoms with Crippen LogP contribution in [0.3, 0.4) is 0 Å². The summed E-state index contributed by atoms with van der Waals surface area (Å²) in [4.78, 5) is 38.8. The Labute approximate surface area is 195 Å². The lowest BCUT2D eigenvalue weighted by atomic mass is 10.2. The number of fused-ring (bicyclic) bond motifs is 1. The zero-order chi connectivity index (χ0) is 24.5. The van der Waals surface area contributed by atoms with E-state index in [1.54, 1.807) is 24.3 Å². The minimum atomic E-state index is -4.86. The molecule has 4 N–H and O–H groups in total. The first-order valence-electron chi connectivity index (χ1n) is 9.84. The molecule has 0 spiro atoms. The number of rotatable bonds is 4. The molecule has 178 valence electrons. The van der Waals surface area contributed by atoms with Crippen molar-refractivity contribution in [3.05, 3.63) is 54.7 Å². The summed E-state index contributed by atoms with van der Waals surface area (Å²) >= 11 is 1.34. The smallest absolute Gasteiger partial charge is 0.406 e. The molecule has 0 saturated carbocycles. The van der Waals surface area contributed by atoms with E-state index in [0.29, 0.717) is 22.3 Å². The third-order valence-corrected chi connectivity index (χ3v) is 5.98. The molecule has 1 aliphatic heterocycles. The van der Waals surface area contributed by atoms with Gasteiger partial charge < -0.3 is 26.0 Å². The second kappa shape index (κ2) is 9.17. The number of carbonyl (C=O) groups is 3. The molecule has 0 bridgehead atoms. The molecule has 4 amide bonds. The predicted octanol–water partition coefficient (Wildman–Crippen LogP) is 4.01. The highest BCUT2D eigenvalue weighted by molar-refractivity contribution is 7.99. The normalized spacial score (nSPS) is 15.9. The number of nitrogens with zero attached hydrogens (tertiary/aromatic N) is 2. The Bertz CT molecular complexity index is 1260. The van der Waals surface area contributed by atoms with Crippen molar-refractivity contribution in [1.82, 2.24) is 9.47 Å². The lowest BCUT2D eigenvalue weighted by Crippen LogP contribution is -2.46. The van der Waals surface area contributed by atoms with Crippen molar-refractivity contribution in [2.75, 3.05) is 22.3 Å². The van der Waals surface area contributed by atoms with Crippen LogP contribution in [0.5, 0.6) is 5.75 Å². The van der Waals surface area contributed by atoms with Crippen LogP contribution in [0, 0.1) is 0 Å². The number of carbonyl (C=O) groups excluding carboxylic acids is 3. The average molecular weight is 493 g/mol. The lowest BCUT2D eigenvalue weighted by Gasteiger charge is -2.23. The maximum atomic E-state index is 13.0. The SMILES string of the molecule is NC(=O)n1cc(NC(=O)N2CSCC2C(=O)Nc2cccc(OC(F)(F)F)c2)c2ccccc21. The maximum absolute atomic E-state index is 13.0. The molecule has 1 atom stereocenters. The standard InChI is InChI=1S/C21H18F3N5O4S/c22-21(23,24)33-13-5-3-4-12(8-13)26-18(30)17-10-34-11-29(17)20(32)27-15-9-28(19(25)31)16-7-2-1-6-14(15)16/h1-9,17H,10-11H2,(H2,25,31)(H,26,30)(H,27,32). The van der Waals surface area contributed by atoms with Crippen LogP contribution in [0.1, 0.15) is 0 Å². The fourth-order valence-corrected chi connectivity index (χ4v) is 4.66. The van der Waals surface area contributed by atoms with Crippen LogP contribution in [-0.4, -0.2) is 51.5 Å². The molecule has 2 heterocycles. The number of alkyl halides is 3. The molecule has 1 aromatic heterocycles. The summed E-state index contributed by atoms with van der Waals surface area (Å²) in [5, 5.41) is 5.81. The number of amides is 4. The van der Waals surface area contributed by atoms with Crippen molar-refractivity contribution in [3.63, 3.8) is 0 Å². The van der Waals surface area contributed by atoms with Gasteiger partial charge in [0.15, 0.2) is 0 Å². The Kier molecular flexibility index (Phi) is 6.28. The summed E-state index contributed by atoms with van der Waals surface area (Å²) in [5.41, 5.74) is 6.34. The molecule has 4 rings (SSSR count). The van der Waals surface area contributed by atoms with Gasteiger partial charge in [-0.2, -0.15) is 0 Å². The number of primary amides is 1. The van der Waals surface area contributed by atoms with Gasteiger partial charge in [-0.3, -0.25) is 9.36 Å². The Morgan fingerprint density at radius 1 is 1.09 bits per heavy atom. The second-order valence-corrected chi connectivity index (χ2v) is 8.25. The van der Waals surface area contributed by atoms with Gasteiger partial charge in [0.05, 0.1) is 17.1 Å². The topological polar surface area (TPSA) is 119 Å². The average Bonchev–Trinajstić information content (AvgIpc) is 3.38. The van der Waals surface area contributed by atoms with Gasteiger partial charge >= 0.3 is 18.4 Å². The Balaban J connectivity index is 1.48. The van der Waals surface area contributed by atoms with Crippen molar-refractivity contribution in [2.24, 2.45) is 5.73 Å². The molecule has 0 aliphatic carbocycles. The van der Waals surface area contributed by atoms with Crippen molar-refractivity contribution in [3.8, 4) is 5.75 Å². The highest BCUT2D eigenvalue weighted by atomic mass is 32.2. The van der Waals surface area contributed by atoms with Crippen LogP contribution < -0.4 is 21.1 Å². The summed E-state index contributed by atoms with van der Waals surface area (Å²) < 4.78 is 42.4. The van der Waals surface area contributed by atoms with E-state index in [-0.39, 0.29) is 11.6 Å². The first-order chi connectivity index (χ1) is 16.1. The molecule has 13 heteroatoms. The molecule has 0 radical (unpaired) electrons. The number of anilines is 2. The third-order valence-electron chi connectivity index (χ3n) is 4.97. The number of para-hydroxylation sites is 1. The Hall–Kier alpha value is -3.87. The molecular weight excluding hydrogens is 475 g/mol. The molecule has 1 saturated heterocycles. The van der Waals surface area contributed by atoms with Gasteiger partial charge in [-0.25, -0.2) is 9.59 Å². The van der Waals surface area contributed by atoms with Gasteiger partial charge in [0, 0.05) is 29.1 Å². The van der Waals surface area contributed by atoms with Crippen LogP contribution in [-0.2, 0) is 4.79 Å². The summed E-state index contributed by atoms with van der Waals surface area (Å²) in [7, 11) is 0. The van der Waals surface area contributed by atoms with Crippen molar-refractivity contribution in [1.29, 1.82) is 0 Å². The molecule has 9 nitrogen and oxygen atoms in total. The van der Waals surface area contributed by atoms with E-state index in [9.17, 15) is 27.6 Å². The van der Waals surface area contributed by atoms with E-state index < -0.39 is 36.1 Å². The number of aromatic nitrogens is 1. The van der Waals surface area contributed by atoms with E-state index in [1.807, 2.05) is 0 Å². The predicted molar refractivity (Wildman–Crippen MR) is 121 cm³/mol. The number of hydrogen-bond acceptors (Lipinski definition) is 5. The third kappa shape index (κ3) is 5.03. The molecule has 2 aromatic carbocycles. The van der Waals surface area contributed by atoms with Crippen LogP contribution in [0.4, 0.5) is 34.1 Å².